The predicted molar refractivity (Wildman–Crippen MR) is 117 cm³/mol. The highest BCUT2D eigenvalue weighted by atomic mass is 16.5. The summed E-state index contributed by atoms with van der Waals surface area (Å²) in [4.78, 5) is 4.53. The molecule has 4 nitrogen and oxygen atoms in total. The summed E-state index contributed by atoms with van der Waals surface area (Å²) in [5, 5.41) is 0. The summed E-state index contributed by atoms with van der Waals surface area (Å²) in [5.41, 5.74) is 6.95. The van der Waals surface area contributed by atoms with Gasteiger partial charge in [0.2, 0.25) is 0 Å². The molecule has 0 aliphatic rings. The molecule has 4 aromatic rings. The molecule has 0 aliphatic carbocycles. The van der Waals surface area contributed by atoms with Gasteiger partial charge in [0.05, 0.1) is 19.8 Å². The number of methoxy groups -OCH3 is 2. The van der Waals surface area contributed by atoms with Crippen molar-refractivity contribution >= 4 is 11.1 Å². The number of rotatable bonds is 6. The van der Waals surface area contributed by atoms with Crippen molar-refractivity contribution in [2.45, 2.75) is 26.7 Å². The average Bonchev–Trinajstić information content (AvgIpc) is 3.22. The van der Waals surface area contributed by atoms with E-state index in [0.29, 0.717) is 0 Å². The second-order valence-electron chi connectivity index (χ2n) is 6.96. The van der Waals surface area contributed by atoms with Gasteiger partial charge in [-0.15, -0.1) is 0 Å². The Balaban J connectivity index is 1.93. The third kappa shape index (κ3) is 3.46. The van der Waals surface area contributed by atoms with E-state index in [1.165, 1.54) is 11.1 Å². The van der Waals surface area contributed by atoms with Crippen molar-refractivity contribution in [3.63, 3.8) is 0 Å². The Morgan fingerprint density at radius 1 is 0.759 bits per heavy atom. The molecule has 0 unspecified atom stereocenters. The number of furan rings is 1. The minimum absolute atomic E-state index is 0.748. The van der Waals surface area contributed by atoms with Gasteiger partial charge in [0.1, 0.15) is 22.8 Å². The summed E-state index contributed by atoms with van der Waals surface area (Å²) in [5.74, 6) is 2.35. The molecule has 4 heteroatoms. The fourth-order valence-corrected chi connectivity index (χ4v) is 3.64. The molecule has 0 saturated heterocycles. The lowest BCUT2D eigenvalue weighted by molar-refractivity contribution is 0.414. The summed E-state index contributed by atoms with van der Waals surface area (Å²) in [6.45, 7) is 4.28. The Morgan fingerprint density at radius 3 is 2.00 bits per heavy atom. The molecule has 2 aromatic carbocycles. The third-order valence-electron chi connectivity index (χ3n) is 5.31. The van der Waals surface area contributed by atoms with Crippen LogP contribution in [0.1, 0.15) is 25.0 Å². The summed E-state index contributed by atoms with van der Waals surface area (Å²) in [7, 11) is 3.37. The molecule has 148 valence electrons. The standard InChI is InChI=1S/C25H25NO3/c1-5-16-7-9-22(27-3)19(13-16)18-11-12-26-21-15-24(29-25(18)21)20-14-17(6-2)8-10-23(20)28-4/h7-15H,5-6H2,1-4H3. The fraction of sp³-hybridized carbons (Fsp3) is 0.240. The number of pyridine rings is 1. The average molecular weight is 387 g/mol. The van der Waals surface area contributed by atoms with Crippen LogP contribution in [0.15, 0.2) is 59.1 Å². The number of hydrogen-bond donors (Lipinski definition) is 0. The number of hydrogen-bond acceptors (Lipinski definition) is 4. The van der Waals surface area contributed by atoms with Gasteiger partial charge in [-0.05, 0) is 54.3 Å². The van der Waals surface area contributed by atoms with Crippen molar-refractivity contribution in [1.29, 1.82) is 0 Å². The molecule has 4 rings (SSSR count). The van der Waals surface area contributed by atoms with Crippen molar-refractivity contribution in [2.75, 3.05) is 14.2 Å². The Hall–Kier alpha value is -3.27. The fourth-order valence-electron chi connectivity index (χ4n) is 3.64. The first-order valence-electron chi connectivity index (χ1n) is 9.91. The van der Waals surface area contributed by atoms with Gasteiger partial charge in [0.25, 0.3) is 0 Å². The maximum Gasteiger partial charge on any atom is 0.161 e. The first-order valence-corrected chi connectivity index (χ1v) is 9.91. The smallest absolute Gasteiger partial charge is 0.161 e. The van der Waals surface area contributed by atoms with Gasteiger partial charge in [0.15, 0.2) is 5.58 Å². The van der Waals surface area contributed by atoms with E-state index in [-0.39, 0.29) is 0 Å². The zero-order valence-electron chi connectivity index (χ0n) is 17.3. The predicted octanol–water partition coefficient (Wildman–Crippen LogP) is 6.30. The highest BCUT2D eigenvalue weighted by Crippen LogP contribution is 2.40. The SMILES string of the molecule is CCc1ccc(OC)c(-c2cc3nccc(-c4cc(CC)ccc4OC)c3o2)c1. The molecule has 29 heavy (non-hydrogen) atoms. The van der Waals surface area contributed by atoms with Crippen LogP contribution in [0, 0.1) is 0 Å². The van der Waals surface area contributed by atoms with Gasteiger partial charge in [-0.25, -0.2) is 0 Å². The molecular formula is C25H25NO3. The first-order chi connectivity index (χ1) is 14.2. The zero-order chi connectivity index (χ0) is 20.4. The summed E-state index contributed by atoms with van der Waals surface area (Å²) >= 11 is 0. The number of aromatic nitrogens is 1. The molecular weight excluding hydrogens is 362 g/mol. The Bertz CT molecular complexity index is 1160. The molecule has 0 radical (unpaired) electrons. The number of aryl methyl sites for hydroxylation is 2. The Morgan fingerprint density at radius 2 is 1.38 bits per heavy atom. The Labute approximate surface area is 171 Å². The lowest BCUT2D eigenvalue weighted by Crippen LogP contribution is -1.91. The van der Waals surface area contributed by atoms with E-state index < -0.39 is 0 Å². The minimum atomic E-state index is 0.748. The van der Waals surface area contributed by atoms with Gasteiger partial charge in [-0.2, -0.15) is 0 Å². The van der Waals surface area contributed by atoms with Crippen molar-refractivity contribution in [2.24, 2.45) is 0 Å². The van der Waals surface area contributed by atoms with Crippen LogP contribution in [0.3, 0.4) is 0 Å². The molecule has 2 heterocycles. The van der Waals surface area contributed by atoms with Crippen LogP contribution in [0.5, 0.6) is 11.5 Å². The van der Waals surface area contributed by atoms with E-state index in [0.717, 1.165) is 57.9 Å². The van der Waals surface area contributed by atoms with Gasteiger partial charge in [-0.1, -0.05) is 26.0 Å². The normalized spacial score (nSPS) is 11.0. The zero-order valence-corrected chi connectivity index (χ0v) is 17.3. The number of nitrogens with zero attached hydrogens (tertiary/aromatic N) is 1. The number of fused-ring (bicyclic) bond motifs is 1. The van der Waals surface area contributed by atoms with Crippen molar-refractivity contribution in [1.82, 2.24) is 4.98 Å². The topological polar surface area (TPSA) is 44.5 Å². The Kier molecular flexibility index (Phi) is 5.26. The van der Waals surface area contributed by atoms with Crippen LogP contribution in [-0.4, -0.2) is 19.2 Å². The highest BCUT2D eigenvalue weighted by Gasteiger charge is 2.17. The van der Waals surface area contributed by atoms with Crippen LogP contribution in [-0.2, 0) is 12.8 Å². The van der Waals surface area contributed by atoms with E-state index in [1.807, 2.05) is 30.5 Å². The second kappa shape index (κ2) is 8.00. The molecule has 0 fully saturated rings. The molecule has 0 saturated carbocycles. The molecule has 0 bridgehead atoms. The van der Waals surface area contributed by atoms with Crippen molar-refractivity contribution in [3.05, 3.63) is 65.9 Å². The van der Waals surface area contributed by atoms with Crippen molar-refractivity contribution in [3.8, 4) is 33.9 Å². The molecule has 0 spiro atoms. The molecule has 0 N–H and O–H groups in total. The van der Waals surface area contributed by atoms with Crippen LogP contribution in [0.4, 0.5) is 0 Å². The summed E-state index contributed by atoms with van der Waals surface area (Å²) in [6.07, 6.45) is 3.71. The van der Waals surface area contributed by atoms with Crippen LogP contribution in [0.25, 0.3) is 33.6 Å². The maximum absolute atomic E-state index is 6.36. The molecule has 0 aliphatic heterocycles. The van der Waals surface area contributed by atoms with E-state index >= 15 is 0 Å². The highest BCUT2D eigenvalue weighted by molar-refractivity contribution is 5.94. The maximum atomic E-state index is 6.36. The lowest BCUT2D eigenvalue weighted by Gasteiger charge is -2.11. The number of benzene rings is 2. The van der Waals surface area contributed by atoms with Gasteiger partial charge >= 0.3 is 0 Å². The van der Waals surface area contributed by atoms with Crippen LogP contribution >= 0.6 is 0 Å². The molecule has 0 amide bonds. The van der Waals surface area contributed by atoms with Crippen LogP contribution < -0.4 is 9.47 Å². The summed E-state index contributed by atoms with van der Waals surface area (Å²) in [6, 6.07) is 16.4. The summed E-state index contributed by atoms with van der Waals surface area (Å²) < 4.78 is 17.6. The van der Waals surface area contributed by atoms with Gasteiger partial charge in [-0.3, -0.25) is 4.98 Å². The van der Waals surface area contributed by atoms with E-state index in [9.17, 15) is 0 Å². The van der Waals surface area contributed by atoms with Crippen LogP contribution in [0.2, 0.25) is 0 Å². The third-order valence-corrected chi connectivity index (χ3v) is 5.31. The first kappa shape index (κ1) is 19.1. The molecule has 0 atom stereocenters. The monoisotopic (exact) mass is 387 g/mol. The second-order valence-corrected chi connectivity index (χ2v) is 6.96. The van der Waals surface area contributed by atoms with Gasteiger partial charge < -0.3 is 13.9 Å². The molecule has 2 aromatic heterocycles. The lowest BCUT2D eigenvalue weighted by atomic mass is 10.0. The number of ether oxygens (including phenoxy) is 2. The van der Waals surface area contributed by atoms with E-state index in [2.05, 4.69) is 43.1 Å². The van der Waals surface area contributed by atoms with E-state index in [1.54, 1.807) is 14.2 Å². The minimum Gasteiger partial charge on any atom is -0.496 e. The quantitative estimate of drug-likeness (QED) is 0.389. The van der Waals surface area contributed by atoms with Gasteiger partial charge in [0, 0.05) is 23.4 Å². The van der Waals surface area contributed by atoms with E-state index in [4.69, 9.17) is 13.9 Å². The van der Waals surface area contributed by atoms with Crippen molar-refractivity contribution < 1.29 is 13.9 Å². The largest absolute Gasteiger partial charge is 0.496 e.